The summed E-state index contributed by atoms with van der Waals surface area (Å²) in [6.45, 7) is 0.598. The van der Waals surface area contributed by atoms with E-state index in [-0.39, 0.29) is 5.91 Å². The number of aryl methyl sites for hydroxylation is 2. The van der Waals surface area contributed by atoms with Gasteiger partial charge in [0, 0.05) is 19.7 Å². The maximum atomic E-state index is 12.6. The van der Waals surface area contributed by atoms with Crippen molar-refractivity contribution in [2.75, 3.05) is 20.7 Å². The summed E-state index contributed by atoms with van der Waals surface area (Å²) in [7, 11) is 3.32. The van der Waals surface area contributed by atoms with Crippen molar-refractivity contribution in [2.45, 2.75) is 19.3 Å². The number of benzene rings is 2. The first kappa shape index (κ1) is 19.8. The third-order valence-electron chi connectivity index (χ3n) is 5.51. The summed E-state index contributed by atoms with van der Waals surface area (Å²) in [5.74, 6) is 0.245. The van der Waals surface area contributed by atoms with Crippen LogP contribution in [0.25, 0.3) is 5.57 Å². The summed E-state index contributed by atoms with van der Waals surface area (Å²) in [6.07, 6.45) is 5.09. The molecule has 1 amide bonds. The van der Waals surface area contributed by atoms with Crippen LogP contribution in [-0.2, 0) is 12.8 Å². The van der Waals surface area contributed by atoms with E-state index in [1.807, 2.05) is 0 Å². The Morgan fingerprint density at radius 3 is 2.17 bits per heavy atom. The van der Waals surface area contributed by atoms with Crippen LogP contribution < -0.4 is 4.74 Å². The zero-order valence-corrected chi connectivity index (χ0v) is 17.3. The molecule has 152 valence electrons. The predicted octanol–water partition coefficient (Wildman–Crippen LogP) is 4.18. The number of ether oxygens (including phenoxy) is 1. The largest absolute Gasteiger partial charge is 0.480 e. The number of fused-ring (bicyclic) bond motifs is 2. The van der Waals surface area contributed by atoms with Crippen LogP contribution in [0.4, 0.5) is 0 Å². The van der Waals surface area contributed by atoms with E-state index in [1.54, 1.807) is 24.1 Å². The molecule has 0 spiro atoms. The van der Waals surface area contributed by atoms with Crippen molar-refractivity contribution in [1.82, 2.24) is 15.1 Å². The van der Waals surface area contributed by atoms with Gasteiger partial charge >= 0.3 is 0 Å². The van der Waals surface area contributed by atoms with E-state index >= 15 is 0 Å². The van der Waals surface area contributed by atoms with E-state index in [0.29, 0.717) is 18.1 Å². The summed E-state index contributed by atoms with van der Waals surface area (Å²) in [4.78, 5) is 14.3. The molecular formula is C25H25N3O2. The van der Waals surface area contributed by atoms with Crippen molar-refractivity contribution >= 4 is 11.5 Å². The van der Waals surface area contributed by atoms with E-state index in [2.05, 4.69) is 64.8 Å². The molecule has 5 nitrogen and oxygen atoms in total. The topological polar surface area (TPSA) is 55.3 Å². The minimum absolute atomic E-state index is 0.148. The van der Waals surface area contributed by atoms with Crippen molar-refractivity contribution in [3.05, 3.63) is 94.7 Å². The Morgan fingerprint density at radius 1 is 0.967 bits per heavy atom. The van der Waals surface area contributed by atoms with Crippen molar-refractivity contribution < 1.29 is 9.53 Å². The van der Waals surface area contributed by atoms with Crippen LogP contribution in [0.5, 0.6) is 5.88 Å². The lowest BCUT2D eigenvalue weighted by molar-refractivity contribution is 0.0790. The number of hydrogen-bond acceptors (Lipinski definition) is 4. The minimum Gasteiger partial charge on any atom is -0.480 e. The third-order valence-corrected chi connectivity index (χ3v) is 5.51. The van der Waals surface area contributed by atoms with Gasteiger partial charge in [0.15, 0.2) is 5.69 Å². The van der Waals surface area contributed by atoms with Crippen LogP contribution in [-0.4, -0.2) is 41.7 Å². The van der Waals surface area contributed by atoms with Gasteiger partial charge in [-0.1, -0.05) is 54.6 Å². The predicted molar refractivity (Wildman–Crippen MR) is 118 cm³/mol. The zero-order chi connectivity index (χ0) is 20.9. The van der Waals surface area contributed by atoms with E-state index in [0.717, 1.165) is 19.3 Å². The second kappa shape index (κ2) is 8.91. The average molecular weight is 399 g/mol. The molecule has 0 radical (unpaired) electrons. The number of aromatic nitrogens is 2. The molecule has 2 aromatic carbocycles. The molecule has 30 heavy (non-hydrogen) atoms. The third kappa shape index (κ3) is 4.10. The summed E-state index contributed by atoms with van der Waals surface area (Å²) in [5.41, 5.74) is 6.89. The van der Waals surface area contributed by atoms with Crippen LogP contribution in [0.1, 0.15) is 39.2 Å². The molecule has 0 aliphatic heterocycles. The van der Waals surface area contributed by atoms with Gasteiger partial charge < -0.3 is 9.64 Å². The number of nitrogens with zero attached hydrogens (tertiary/aromatic N) is 3. The van der Waals surface area contributed by atoms with Gasteiger partial charge in [0.2, 0.25) is 5.88 Å². The Bertz CT molecular complexity index is 1020. The Kier molecular flexibility index (Phi) is 5.89. The van der Waals surface area contributed by atoms with Gasteiger partial charge in [-0.15, -0.1) is 10.2 Å². The van der Waals surface area contributed by atoms with Gasteiger partial charge in [0.05, 0.1) is 7.11 Å². The first-order valence-corrected chi connectivity index (χ1v) is 10.2. The molecule has 0 bridgehead atoms. The Labute approximate surface area is 177 Å². The fourth-order valence-corrected chi connectivity index (χ4v) is 3.88. The van der Waals surface area contributed by atoms with E-state index in [4.69, 9.17) is 4.74 Å². The SMILES string of the molecule is COc1ccc(C(=O)N(C)CCC=C2c3ccccc3CCc3ccccc32)nn1. The molecule has 1 heterocycles. The van der Waals surface area contributed by atoms with Crippen molar-refractivity contribution in [2.24, 2.45) is 0 Å². The standard InChI is InChI=1S/C25H25N3O2/c1-28(25(29)23-15-16-24(30-2)27-26-23)17-7-12-22-20-10-5-3-8-18(20)13-14-19-9-4-6-11-21(19)22/h3-6,8-12,15-16H,7,13-14,17H2,1-2H3. The fourth-order valence-electron chi connectivity index (χ4n) is 3.88. The lowest BCUT2D eigenvalue weighted by atomic mass is 9.93. The molecule has 0 N–H and O–H groups in total. The number of methoxy groups -OCH3 is 1. The summed E-state index contributed by atoms with van der Waals surface area (Å²) >= 11 is 0. The lowest BCUT2D eigenvalue weighted by Gasteiger charge is -2.17. The molecule has 0 unspecified atom stereocenters. The van der Waals surface area contributed by atoms with Gasteiger partial charge in [-0.2, -0.15) is 0 Å². The highest BCUT2D eigenvalue weighted by Crippen LogP contribution is 2.33. The first-order chi connectivity index (χ1) is 14.7. The highest BCUT2D eigenvalue weighted by atomic mass is 16.5. The highest BCUT2D eigenvalue weighted by molar-refractivity contribution is 5.92. The molecule has 1 aliphatic rings. The average Bonchev–Trinajstić information content (AvgIpc) is 2.96. The quantitative estimate of drug-likeness (QED) is 0.646. The van der Waals surface area contributed by atoms with Crippen LogP contribution in [0, 0.1) is 0 Å². The molecule has 4 rings (SSSR count). The van der Waals surface area contributed by atoms with Gasteiger partial charge in [-0.25, -0.2) is 0 Å². The summed E-state index contributed by atoms with van der Waals surface area (Å²) in [6, 6.07) is 20.5. The van der Waals surface area contributed by atoms with Crippen molar-refractivity contribution in [1.29, 1.82) is 0 Å². The van der Waals surface area contributed by atoms with E-state index in [9.17, 15) is 4.79 Å². The van der Waals surface area contributed by atoms with E-state index < -0.39 is 0 Å². The van der Waals surface area contributed by atoms with Crippen LogP contribution >= 0.6 is 0 Å². The molecule has 0 saturated heterocycles. The van der Waals surface area contributed by atoms with Crippen molar-refractivity contribution in [3.63, 3.8) is 0 Å². The second-order valence-corrected chi connectivity index (χ2v) is 7.41. The normalized spacial score (nSPS) is 12.4. The molecule has 5 heteroatoms. The summed E-state index contributed by atoms with van der Waals surface area (Å²) < 4.78 is 5.00. The molecule has 3 aromatic rings. The van der Waals surface area contributed by atoms with Crippen LogP contribution in [0.15, 0.2) is 66.7 Å². The smallest absolute Gasteiger partial charge is 0.274 e. The molecule has 1 aromatic heterocycles. The Balaban J connectivity index is 1.54. The molecule has 0 fully saturated rings. The van der Waals surface area contributed by atoms with Gasteiger partial charge in [-0.05, 0) is 53.2 Å². The maximum absolute atomic E-state index is 12.6. The van der Waals surface area contributed by atoms with E-state index in [1.165, 1.54) is 34.9 Å². The zero-order valence-electron chi connectivity index (χ0n) is 17.3. The Hall–Kier alpha value is -3.47. The summed E-state index contributed by atoms with van der Waals surface area (Å²) in [5, 5.41) is 7.84. The van der Waals surface area contributed by atoms with Gasteiger partial charge in [0.1, 0.15) is 0 Å². The maximum Gasteiger partial charge on any atom is 0.274 e. The number of carbonyl (C=O) groups excluding carboxylic acids is 1. The molecular weight excluding hydrogens is 374 g/mol. The lowest BCUT2D eigenvalue weighted by Crippen LogP contribution is -2.28. The molecule has 0 saturated carbocycles. The molecule has 1 aliphatic carbocycles. The second-order valence-electron chi connectivity index (χ2n) is 7.41. The minimum atomic E-state index is -0.148. The first-order valence-electron chi connectivity index (χ1n) is 10.2. The number of amides is 1. The van der Waals surface area contributed by atoms with Crippen LogP contribution in [0.2, 0.25) is 0 Å². The Morgan fingerprint density at radius 2 is 1.60 bits per heavy atom. The number of rotatable bonds is 5. The molecule has 0 atom stereocenters. The van der Waals surface area contributed by atoms with Gasteiger partial charge in [0.25, 0.3) is 5.91 Å². The fraction of sp³-hybridized carbons (Fsp3) is 0.240. The highest BCUT2D eigenvalue weighted by Gasteiger charge is 2.18. The number of hydrogen-bond donors (Lipinski definition) is 0. The van der Waals surface area contributed by atoms with Crippen molar-refractivity contribution in [3.8, 4) is 5.88 Å². The van der Waals surface area contributed by atoms with Gasteiger partial charge in [-0.3, -0.25) is 4.79 Å². The van der Waals surface area contributed by atoms with Crippen LogP contribution in [0.3, 0.4) is 0 Å². The monoisotopic (exact) mass is 399 g/mol. The number of carbonyl (C=O) groups is 1.